The number of pyridine rings is 1. The molecule has 1 aromatic heterocycles. The Kier molecular flexibility index (Phi) is 26.1. The molecule has 24 heteroatoms. The lowest BCUT2D eigenvalue weighted by molar-refractivity contribution is -0.322. The molecule has 18 atom stereocenters. The van der Waals surface area contributed by atoms with Gasteiger partial charge in [0.25, 0.3) is 0 Å². The number of carboxylic acids is 3. The lowest BCUT2D eigenvalue weighted by Crippen LogP contribution is -2.61. The summed E-state index contributed by atoms with van der Waals surface area (Å²) in [6, 6.07) is 5.27. The number of ketones is 1. The van der Waals surface area contributed by atoms with Crippen molar-refractivity contribution in [2.45, 2.75) is 192 Å². The highest BCUT2D eigenvalue weighted by molar-refractivity contribution is 5.93. The SMILES string of the molecule is CC[C@H]1OC(=O)[C@H](C)[C@@H](O[C@H]2C[C@@](C)(OC)[C@@H](OCCN(C)CCCc3ccc4c(c3)c(=O)c(C(=O)O)cn4N(C)C)[C@H](C)O2)[C@H](C)[C@@H](O[C@@H]2O[C@H](C)C[C@H](N(C)C)[C@H]2O)[C@](C)(OC)C[C@@H](C)C(=O)[C@H](C)[C@@H](O)[C@]1(C)O.O=C(O)/C=C/C(=O)O. The molecule has 0 amide bonds. The smallest absolute Gasteiger partial charge is 0.341 e. The van der Waals surface area contributed by atoms with Crippen LogP contribution >= 0.6 is 0 Å². The standard InChI is InChI=1S/C56H92N4O16.C4H4O4/c1-18-42-56(10,68)48(64)33(4)44(61)31(2)28-54(8,69-16)49(76-53-46(63)41(57(11)12)26-32(3)72-53)34(5)47(35(6)52(67)74-42)75-43-29-55(9,70-17)50(36(7)73-43)71-25-24-59(15)23-19-20-37-21-22-40-38(27-37)45(62)39(51(65)66)30-60(40)58(13)14;5-3(6)1-2-4(7)8/h21-22,27,30-36,41-43,46-50,53,63-64,68H,18-20,23-26,28-29H2,1-17H3,(H,65,66);1-2H,(H,5,6)(H,7,8)/b;2-1+/t31-,32-,33+,34+,35-,36+,41+,42-,43+,46-,47+,48-,49-,50+,53+,54-,55-,56-;/m1./s1. The monoisotopic (exact) mass is 1190 g/mol. The fraction of sp³-hybridized carbons (Fsp3) is 0.733. The van der Waals surface area contributed by atoms with E-state index in [0.717, 1.165) is 12.0 Å². The number of carboxylic acid groups (broad SMARTS) is 3. The van der Waals surface area contributed by atoms with Crippen LogP contribution < -0.4 is 10.4 Å². The summed E-state index contributed by atoms with van der Waals surface area (Å²) >= 11 is 0. The molecule has 0 bridgehead atoms. The number of aliphatic hydroxyl groups is 3. The van der Waals surface area contributed by atoms with Crippen LogP contribution in [0.15, 0.2) is 41.3 Å². The molecule has 3 aliphatic heterocycles. The largest absolute Gasteiger partial charge is 0.478 e. The third-order valence-corrected chi connectivity index (χ3v) is 17.1. The highest BCUT2D eigenvalue weighted by atomic mass is 16.7. The Morgan fingerprint density at radius 1 is 0.821 bits per heavy atom. The van der Waals surface area contributed by atoms with Crippen LogP contribution in [0.25, 0.3) is 10.9 Å². The Morgan fingerprint density at radius 2 is 1.43 bits per heavy atom. The number of hydrogen-bond acceptors (Lipinski definition) is 20. The summed E-state index contributed by atoms with van der Waals surface area (Å²) in [4.78, 5) is 77.0. The molecule has 5 rings (SSSR count). The quantitative estimate of drug-likeness (QED) is 0.0807. The number of aliphatic carboxylic acids is 2. The van der Waals surface area contributed by atoms with E-state index in [-0.39, 0.29) is 42.8 Å². The zero-order valence-corrected chi connectivity index (χ0v) is 52.2. The summed E-state index contributed by atoms with van der Waals surface area (Å²) in [6.45, 7) is 19.1. The Hall–Kier alpha value is -4.96. The molecule has 0 aliphatic carbocycles. The van der Waals surface area contributed by atoms with Crippen molar-refractivity contribution in [1.29, 1.82) is 0 Å². The molecule has 1 aromatic carbocycles. The lowest BCUT2D eigenvalue weighted by Gasteiger charge is -2.50. The highest BCUT2D eigenvalue weighted by Gasteiger charge is 2.54. The summed E-state index contributed by atoms with van der Waals surface area (Å²) in [6.07, 6.45) is -4.60. The number of aryl methyl sites for hydroxylation is 1. The average Bonchev–Trinajstić information content (AvgIpc) is 1.34. The molecular weight excluding hydrogens is 1100 g/mol. The summed E-state index contributed by atoms with van der Waals surface area (Å²) in [5.74, 6) is -8.42. The van der Waals surface area contributed by atoms with Crippen LogP contribution in [0.5, 0.6) is 0 Å². The van der Waals surface area contributed by atoms with Gasteiger partial charge in [-0.15, -0.1) is 0 Å². The summed E-state index contributed by atoms with van der Waals surface area (Å²) in [7, 11) is 12.4. The van der Waals surface area contributed by atoms with Gasteiger partial charge in [-0.2, -0.15) is 0 Å². The number of aromatic nitrogens is 1. The Bertz CT molecular complexity index is 2610. The molecule has 3 saturated heterocycles. The number of Topliss-reactive ketones (excluding diaryl/α,β-unsaturated/α-hetero) is 1. The number of carbonyl (C=O) groups excluding carboxylic acids is 2. The van der Waals surface area contributed by atoms with E-state index < -0.39 is 125 Å². The molecule has 4 heterocycles. The van der Waals surface area contributed by atoms with Crippen molar-refractivity contribution in [1.82, 2.24) is 14.5 Å². The number of cyclic esters (lactones) is 1. The van der Waals surface area contributed by atoms with Gasteiger partial charge >= 0.3 is 23.9 Å². The summed E-state index contributed by atoms with van der Waals surface area (Å²) in [5, 5.41) is 62.7. The number of rotatable bonds is 20. The third kappa shape index (κ3) is 17.6. The van der Waals surface area contributed by atoms with Gasteiger partial charge in [0, 0.05) is 88.8 Å². The van der Waals surface area contributed by atoms with Gasteiger partial charge in [-0.25, -0.2) is 14.4 Å². The van der Waals surface area contributed by atoms with Crippen molar-refractivity contribution in [3.05, 3.63) is 57.9 Å². The highest BCUT2D eigenvalue weighted by Crippen LogP contribution is 2.42. The molecule has 24 nitrogen and oxygen atoms in total. The first-order valence-electron chi connectivity index (χ1n) is 28.8. The van der Waals surface area contributed by atoms with E-state index in [2.05, 4.69) is 4.90 Å². The second-order valence-electron chi connectivity index (χ2n) is 24.1. The molecule has 0 unspecified atom stereocenters. The average molecular weight is 1190 g/mol. The van der Waals surface area contributed by atoms with E-state index in [0.29, 0.717) is 55.6 Å². The maximum atomic E-state index is 14.6. The maximum Gasteiger partial charge on any atom is 0.341 e. The number of carbonyl (C=O) groups is 5. The lowest BCUT2D eigenvalue weighted by atomic mass is 9.74. The van der Waals surface area contributed by atoms with Crippen molar-refractivity contribution in [2.24, 2.45) is 23.7 Å². The van der Waals surface area contributed by atoms with Gasteiger partial charge in [0.1, 0.15) is 35.3 Å². The number of likely N-dealkylation sites (N-methyl/N-ethyl adjacent to an activating group) is 2. The molecule has 2 aromatic rings. The normalized spacial score (nSPS) is 34.7. The zero-order valence-electron chi connectivity index (χ0n) is 52.2. The van der Waals surface area contributed by atoms with Gasteiger partial charge in [-0.05, 0) is 119 Å². The molecule has 0 spiro atoms. The topological polar surface area (TPSA) is 312 Å². The van der Waals surface area contributed by atoms with Gasteiger partial charge in [0.05, 0.1) is 59.8 Å². The Labute approximate surface area is 493 Å². The molecule has 3 aliphatic rings. The molecule has 84 heavy (non-hydrogen) atoms. The number of nitrogens with zero attached hydrogens (tertiary/aromatic N) is 4. The number of methoxy groups -OCH3 is 2. The van der Waals surface area contributed by atoms with E-state index in [4.69, 9.17) is 48.1 Å². The minimum absolute atomic E-state index is 0.0869. The summed E-state index contributed by atoms with van der Waals surface area (Å²) < 4.78 is 53.9. The zero-order chi connectivity index (χ0) is 63.5. The van der Waals surface area contributed by atoms with Crippen molar-refractivity contribution in [3.8, 4) is 0 Å². The molecular formula is C60H96N4O20. The van der Waals surface area contributed by atoms with Gasteiger partial charge in [0.15, 0.2) is 12.6 Å². The van der Waals surface area contributed by atoms with Crippen molar-refractivity contribution in [2.75, 3.05) is 74.2 Å². The molecule has 3 fully saturated rings. The first-order valence-corrected chi connectivity index (χ1v) is 28.8. The number of ether oxygens (including phenoxy) is 8. The fourth-order valence-corrected chi connectivity index (χ4v) is 12.0. The van der Waals surface area contributed by atoms with Gasteiger partial charge < -0.3 is 83.3 Å². The number of benzene rings is 1. The molecule has 0 saturated carbocycles. The van der Waals surface area contributed by atoms with E-state index in [1.54, 1.807) is 64.7 Å². The Balaban J connectivity index is 0.00000176. The number of esters is 1. The van der Waals surface area contributed by atoms with Crippen LogP contribution in [0.2, 0.25) is 0 Å². The van der Waals surface area contributed by atoms with Crippen LogP contribution in [0.4, 0.5) is 0 Å². The minimum Gasteiger partial charge on any atom is -0.478 e. The third-order valence-electron chi connectivity index (χ3n) is 17.1. The van der Waals surface area contributed by atoms with Crippen LogP contribution in [0, 0.1) is 23.7 Å². The van der Waals surface area contributed by atoms with Crippen molar-refractivity contribution in [3.63, 3.8) is 0 Å². The molecule has 6 N–H and O–H groups in total. The first kappa shape index (κ1) is 71.5. The number of aromatic carboxylic acids is 1. The summed E-state index contributed by atoms with van der Waals surface area (Å²) in [5.41, 5.74) is -3.51. The van der Waals surface area contributed by atoms with Crippen LogP contribution in [-0.2, 0) is 63.5 Å². The first-order chi connectivity index (χ1) is 39.1. The van der Waals surface area contributed by atoms with Crippen LogP contribution in [0.1, 0.15) is 117 Å². The van der Waals surface area contributed by atoms with Crippen LogP contribution in [-0.4, -0.2) is 228 Å². The Morgan fingerprint density at radius 3 is 1.98 bits per heavy atom. The van der Waals surface area contributed by atoms with Crippen LogP contribution in [0.3, 0.4) is 0 Å². The molecule has 476 valence electrons. The maximum absolute atomic E-state index is 14.6. The van der Waals surface area contributed by atoms with Crippen molar-refractivity contribution >= 4 is 40.6 Å². The van der Waals surface area contributed by atoms with Gasteiger partial charge in [-0.3, -0.25) is 19.1 Å². The number of hydrogen-bond donors (Lipinski definition) is 6. The number of aliphatic hydroxyl groups excluding tert-OH is 2. The van der Waals surface area contributed by atoms with Crippen molar-refractivity contribution < 1.29 is 92.5 Å². The van der Waals surface area contributed by atoms with E-state index in [9.17, 15) is 49.2 Å². The van der Waals surface area contributed by atoms with Gasteiger partial charge in [-0.1, -0.05) is 33.8 Å². The van der Waals surface area contributed by atoms with E-state index in [1.807, 2.05) is 72.8 Å². The predicted octanol–water partition coefficient (Wildman–Crippen LogP) is 3.95. The second kappa shape index (κ2) is 30.6. The molecule has 0 radical (unpaired) electrons. The predicted molar refractivity (Wildman–Crippen MR) is 310 cm³/mol. The minimum atomic E-state index is -2.00. The number of fused-ring (bicyclic) bond motifs is 1. The van der Waals surface area contributed by atoms with Gasteiger partial charge in [0.2, 0.25) is 5.43 Å². The van der Waals surface area contributed by atoms with E-state index >= 15 is 0 Å². The second-order valence-corrected chi connectivity index (χ2v) is 24.1. The van der Waals surface area contributed by atoms with E-state index in [1.165, 1.54) is 20.2 Å². The fourth-order valence-electron chi connectivity index (χ4n) is 12.0.